The van der Waals surface area contributed by atoms with E-state index in [9.17, 15) is 4.79 Å². The summed E-state index contributed by atoms with van der Waals surface area (Å²) in [6.45, 7) is 6.79. The van der Waals surface area contributed by atoms with Crippen molar-refractivity contribution in [2.75, 3.05) is 26.0 Å². The molecule has 0 aliphatic heterocycles. The van der Waals surface area contributed by atoms with Crippen molar-refractivity contribution in [1.29, 1.82) is 0 Å². The van der Waals surface area contributed by atoms with Crippen molar-refractivity contribution >= 4 is 11.6 Å². The summed E-state index contributed by atoms with van der Waals surface area (Å²) in [5.41, 5.74) is 8.60. The molecule has 3 heteroatoms. The Morgan fingerprint density at radius 3 is 2.10 bits per heavy atom. The minimum atomic E-state index is 0.0443. The summed E-state index contributed by atoms with van der Waals surface area (Å²) >= 11 is 0. The Bertz CT molecular complexity index is 1020. The summed E-state index contributed by atoms with van der Waals surface area (Å²) in [4.78, 5) is 17.3. The summed E-state index contributed by atoms with van der Waals surface area (Å²) in [6.07, 6.45) is 0. The zero-order valence-corrected chi connectivity index (χ0v) is 18.3. The first-order chi connectivity index (χ1) is 13.8. The van der Waals surface area contributed by atoms with Crippen molar-refractivity contribution in [2.45, 2.75) is 27.3 Å². The average molecular weight is 387 g/mol. The zero-order chi connectivity index (χ0) is 21.1. The molecule has 0 aliphatic carbocycles. The van der Waals surface area contributed by atoms with Crippen LogP contribution in [0.4, 0.5) is 5.69 Å². The number of carbonyl (C=O) groups excluding carboxylic acids is 1. The van der Waals surface area contributed by atoms with E-state index in [2.05, 4.69) is 61.2 Å². The second-order valence-corrected chi connectivity index (χ2v) is 8.02. The number of carbonyl (C=O) groups is 1. The standard InChI is InChI=1S/C26H30N2O/c1-18-11-13-21(14-12-18)23-15-24(20(3)25(16-23)27(4)5)26(29)28(6)17-22-10-8-7-9-19(22)2/h7-16H,17H2,1-6H3. The highest BCUT2D eigenvalue weighted by Crippen LogP contribution is 2.31. The van der Waals surface area contributed by atoms with E-state index in [0.29, 0.717) is 6.54 Å². The molecule has 0 unspecified atom stereocenters. The van der Waals surface area contributed by atoms with Crippen LogP contribution in [-0.2, 0) is 6.54 Å². The van der Waals surface area contributed by atoms with Gasteiger partial charge in [-0.15, -0.1) is 0 Å². The molecule has 29 heavy (non-hydrogen) atoms. The maximum absolute atomic E-state index is 13.4. The first-order valence-electron chi connectivity index (χ1n) is 9.97. The third-order valence-electron chi connectivity index (χ3n) is 5.49. The van der Waals surface area contributed by atoms with Crippen molar-refractivity contribution in [2.24, 2.45) is 0 Å². The summed E-state index contributed by atoms with van der Waals surface area (Å²) in [6, 6.07) is 20.9. The quantitative estimate of drug-likeness (QED) is 0.568. The molecule has 1 amide bonds. The second kappa shape index (κ2) is 8.52. The van der Waals surface area contributed by atoms with Gasteiger partial charge in [0.2, 0.25) is 0 Å². The SMILES string of the molecule is Cc1ccc(-c2cc(C(=O)N(C)Cc3ccccc3C)c(C)c(N(C)C)c2)cc1. The van der Waals surface area contributed by atoms with Crippen LogP contribution in [0, 0.1) is 20.8 Å². The molecule has 0 aromatic heterocycles. The van der Waals surface area contributed by atoms with E-state index in [0.717, 1.165) is 27.9 Å². The van der Waals surface area contributed by atoms with Gasteiger partial charge in [-0.1, -0.05) is 54.1 Å². The lowest BCUT2D eigenvalue weighted by Gasteiger charge is -2.24. The van der Waals surface area contributed by atoms with E-state index in [4.69, 9.17) is 0 Å². The molecule has 0 N–H and O–H groups in total. The van der Waals surface area contributed by atoms with Crippen LogP contribution in [0.15, 0.2) is 60.7 Å². The van der Waals surface area contributed by atoms with Gasteiger partial charge in [-0.05, 0) is 60.7 Å². The predicted molar refractivity (Wildman–Crippen MR) is 123 cm³/mol. The van der Waals surface area contributed by atoms with Crippen molar-refractivity contribution < 1.29 is 4.79 Å². The van der Waals surface area contributed by atoms with Crippen LogP contribution in [0.5, 0.6) is 0 Å². The summed E-state index contributed by atoms with van der Waals surface area (Å²) < 4.78 is 0. The topological polar surface area (TPSA) is 23.6 Å². The van der Waals surface area contributed by atoms with Gasteiger partial charge >= 0.3 is 0 Å². The molecule has 0 bridgehead atoms. The largest absolute Gasteiger partial charge is 0.377 e. The van der Waals surface area contributed by atoms with Crippen LogP contribution in [0.3, 0.4) is 0 Å². The molecule has 3 aromatic carbocycles. The molecule has 3 rings (SSSR count). The number of hydrogen-bond donors (Lipinski definition) is 0. The molecule has 0 saturated carbocycles. The van der Waals surface area contributed by atoms with Crippen LogP contribution in [-0.4, -0.2) is 32.0 Å². The number of hydrogen-bond acceptors (Lipinski definition) is 2. The summed E-state index contributed by atoms with van der Waals surface area (Å²) in [5, 5.41) is 0. The maximum atomic E-state index is 13.4. The van der Waals surface area contributed by atoms with Crippen molar-refractivity contribution in [3.05, 3.63) is 88.5 Å². The Morgan fingerprint density at radius 2 is 1.48 bits per heavy atom. The molecule has 0 spiro atoms. The van der Waals surface area contributed by atoms with E-state index in [1.165, 1.54) is 16.7 Å². The van der Waals surface area contributed by atoms with Gasteiger partial charge in [0.1, 0.15) is 0 Å². The highest BCUT2D eigenvalue weighted by molar-refractivity contribution is 5.98. The Hall–Kier alpha value is -3.07. The second-order valence-electron chi connectivity index (χ2n) is 8.02. The third-order valence-corrected chi connectivity index (χ3v) is 5.49. The Morgan fingerprint density at radius 1 is 0.828 bits per heavy atom. The lowest BCUT2D eigenvalue weighted by Crippen LogP contribution is -2.28. The van der Waals surface area contributed by atoms with Gasteiger partial charge in [0, 0.05) is 38.9 Å². The Kier molecular flexibility index (Phi) is 6.07. The molecule has 150 valence electrons. The van der Waals surface area contributed by atoms with Gasteiger partial charge in [-0.25, -0.2) is 0 Å². The monoisotopic (exact) mass is 386 g/mol. The minimum absolute atomic E-state index is 0.0443. The predicted octanol–water partition coefficient (Wildman–Crippen LogP) is 5.62. The van der Waals surface area contributed by atoms with E-state index in [-0.39, 0.29) is 5.91 Å². The molecular weight excluding hydrogens is 356 g/mol. The minimum Gasteiger partial charge on any atom is -0.377 e. The smallest absolute Gasteiger partial charge is 0.254 e. The number of amides is 1. The summed E-state index contributed by atoms with van der Waals surface area (Å²) in [5.74, 6) is 0.0443. The van der Waals surface area contributed by atoms with E-state index < -0.39 is 0 Å². The molecule has 0 saturated heterocycles. The van der Waals surface area contributed by atoms with Crippen molar-refractivity contribution in [3.8, 4) is 11.1 Å². The zero-order valence-electron chi connectivity index (χ0n) is 18.3. The van der Waals surface area contributed by atoms with Gasteiger partial charge in [-0.3, -0.25) is 4.79 Å². The molecule has 0 fully saturated rings. The normalized spacial score (nSPS) is 10.7. The number of benzene rings is 3. The molecule has 3 aromatic rings. The third kappa shape index (κ3) is 4.51. The molecule has 0 radical (unpaired) electrons. The van der Waals surface area contributed by atoms with Crippen molar-refractivity contribution in [3.63, 3.8) is 0 Å². The average Bonchev–Trinajstić information content (AvgIpc) is 2.69. The van der Waals surface area contributed by atoms with Gasteiger partial charge in [0.05, 0.1) is 0 Å². The van der Waals surface area contributed by atoms with Gasteiger partial charge in [0.25, 0.3) is 5.91 Å². The van der Waals surface area contributed by atoms with Crippen LogP contribution < -0.4 is 4.90 Å². The van der Waals surface area contributed by atoms with Crippen molar-refractivity contribution in [1.82, 2.24) is 4.90 Å². The van der Waals surface area contributed by atoms with Gasteiger partial charge in [-0.2, -0.15) is 0 Å². The Balaban J connectivity index is 2.01. The van der Waals surface area contributed by atoms with Gasteiger partial charge < -0.3 is 9.80 Å². The molecule has 0 aliphatic rings. The fourth-order valence-electron chi connectivity index (χ4n) is 3.62. The van der Waals surface area contributed by atoms with Crippen LogP contribution in [0.1, 0.15) is 32.6 Å². The molecule has 3 nitrogen and oxygen atoms in total. The van der Waals surface area contributed by atoms with E-state index in [1.54, 1.807) is 0 Å². The number of aryl methyl sites for hydroxylation is 2. The number of anilines is 1. The number of rotatable bonds is 5. The molecular formula is C26H30N2O. The van der Waals surface area contributed by atoms with Gasteiger partial charge in [0.15, 0.2) is 0 Å². The highest BCUT2D eigenvalue weighted by Gasteiger charge is 2.19. The first-order valence-corrected chi connectivity index (χ1v) is 9.97. The van der Waals surface area contributed by atoms with Crippen LogP contribution in [0.25, 0.3) is 11.1 Å². The fourth-order valence-corrected chi connectivity index (χ4v) is 3.62. The van der Waals surface area contributed by atoms with Crippen LogP contribution >= 0.6 is 0 Å². The van der Waals surface area contributed by atoms with E-state index in [1.807, 2.05) is 51.2 Å². The molecule has 0 atom stereocenters. The van der Waals surface area contributed by atoms with E-state index >= 15 is 0 Å². The lowest BCUT2D eigenvalue weighted by molar-refractivity contribution is 0.0784. The fraction of sp³-hybridized carbons (Fsp3) is 0.269. The number of nitrogens with zero attached hydrogens (tertiary/aromatic N) is 2. The Labute approximate surface area is 174 Å². The summed E-state index contributed by atoms with van der Waals surface area (Å²) in [7, 11) is 5.92. The van der Waals surface area contributed by atoms with Crippen LogP contribution in [0.2, 0.25) is 0 Å². The first kappa shape index (κ1) is 20.7. The maximum Gasteiger partial charge on any atom is 0.254 e. The highest BCUT2D eigenvalue weighted by atomic mass is 16.2. The lowest BCUT2D eigenvalue weighted by atomic mass is 9.96. The molecule has 0 heterocycles.